The van der Waals surface area contributed by atoms with Crippen molar-refractivity contribution in [3.63, 3.8) is 0 Å². The Labute approximate surface area is 106 Å². The summed E-state index contributed by atoms with van der Waals surface area (Å²) in [7, 11) is 0. The maximum Gasteiger partial charge on any atom is 0.0468 e. The van der Waals surface area contributed by atoms with Gasteiger partial charge in [-0.05, 0) is 62.2 Å². The van der Waals surface area contributed by atoms with E-state index in [1.54, 1.807) is 0 Å². The van der Waals surface area contributed by atoms with E-state index in [-0.39, 0.29) is 0 Å². The number of hydrogen-bond donors (Lipinski definition) is 1. The van der Waals surface area contributed by atoms with E-state index in [0.29, 0.717) is 6.04 Å². The SMILES string of the molecule is CC(C)C1CCC(N)C(CC2CCOCC2)C1. The van der Waals surface area contributed by atoms with E-state index in [9.17, 15) is 0 Å². The maximum atomic E-state index is 6.33. The zero-order valence-corrected chi connectivity index (χ0v) is 11.5. The normalized spacial score (nSPS) is 36.4. The van der Waals surface area contributed by atoms with Gasteiger partial charge in [0.15, 0.2) is 0 Å². The molecule has 2 N–H and O–H groups in total. The van der Waals surface area contributed by atoms with Crippen molar-refractivity contribution in [1.29, 1.82) is 0 Å². The molecule has 0 amide bonds. The largest absolute Gasteiger partial charge is 0.381 e. The Kier molecular flexibility index (Phi) is 4.87. The quantitative estimate of drug-likeness (QED) is 0.821. The van der Waals surface area contributed by atoms with Crippen molar-refractivity contribution in [2.75, 3.05) is 13.2 Å². The van der Waals surface area contributed by atoms with Gasteiger partial charge in [0.1, 0.15) is 0 Å². The smallest absolute Gasteiger partial charge is 0.0468 e. The van der Waals surface area contributed by atoms with Crippen molar-refractivity contribution >= 4 is 0 Å². The second-order valence-electron chi connectivity index (χ2n) is 6.53. The summed E-state index contributed by atoms with van der Waals surface area (Å²) in [5.74, 6) is 3.41. The van der Waals surface area contributed by atoms with E-state index in [2.05, 4.69) is 13.8 Å². The highest BCUT2D eigenvalue weighted by atomic mass is 16.5. The van der Waals surface area contributed by atoms with Gasteiger partial charge in [-0.3, -0.25) is 0 Å². The summed E-state index contributed by atoms with van der Waals surface area (Å²) >= 11 is 0. The molecule has 2 heteroatoms. The molecule has 1 saturated heterocycles. The van der Waals surface area contributed by atoms with Crippen molar-refractivity contribution in [2.24, 2.45) is 29.4 Å². The predicted octanol–water partition coefficient (Wildman–Crippen LogP) is 3.20. The average Bonchev–Trinajstić information content (AvgIpc) is 2.33. The predicted molar refractivity (Wildman–Crippen MR) is 71.8 cm³/mol. The summed E-state index contributed by atoms with van der Waals surface area (Å²) in [5.41, 5.74) is 6.33. The first-order valence-electron chi connectivity index (χ1n) is 7.50. The zero-order valence-electron chi connectivity index (χ0n) is 11.5. The first-order valence-corrected chi connectivity index (χ1v) is 7.50. The molecule has 100 valence electrons. The summed E-state index contributed by atoms with van der Waals surface area (Å²) < 4.78 is 5.44. The standard InChI is InChI=1S/C15H29NO/c1-11(2)13-3-4-15(16)14(10-13)9-12-5-7-17-8-6-12/h11-15H,3-10,16H2,1-2H3. The van der Waals surface area contributed by atoms with Gasteiger partial charge in [-0.15, -0.1) is 0 Å². The van der Waals surface area contributed by atoms with Crippen molar-refractivity contribution in [2.45, 2.75) is 58.4 Å². The van der Waals surface area contributed by atoms with Crippen LogP contribution in [0.1, 0.15) is 52.4 Å². The van der Waals surface area contributed by atoms with Gasteiger partial charge in [-0.1, -0.05) is 13.8 Å². The van der Waals surface area contributed by atoms with E-state index in [1.165, 1.54) is 38.5 Å². The fraction of sp³-hybridized carbons (Fsp3) is 1.00. The van der Waals surface area contributed by atoms with Crippen LogP contribution in [0.2, 0.25) is 0 Å². The second-order valence-corrected chi connectivity index (χ2v) is 6.53. The molecule has 2 aliphatic rings. The van der Waals surface area contributed by atoms with E-state index in [4.69, 9.17) is 10.5 Å². The van der Waals surface area contributed by atoms with E-state index < -0.39 is 0 Å². The van der Waals surface area contributed by atoms with Gasteiger partial charge < -0.3 is 10.5 Å². The fourth-order valence-corrected chi connectivity index (χ4v) is 3.61. The molecule has 2 fully saturated rings. The highest BCUT2D eigenvalue weighted by molar-refractivity contribution is 4.85. The summed E-state index contributed by atoms with van der Waals surface area (Å²) in [6, 6.07) is 0.466. The minimum absolute atomic E-state index is 0.466. The number of hydrogen-bond acceptors (Lipinski definition) is 2. The van der Waals surface area contributed by atoms with Crippen LogP contribution in [-0.4, -0.2) is 19.3 Å². The molecule has 0 bridgehead atoms. The Morgan fingerprint density at radius 3 is 2.47 bits per heavy atom. The van der Waals surface area contributed by atoms with Crippen LogP contribution in [0.15, 0.2) is 0 Å². The van der Waals surface area contributed by atoms with Gasteiger partial charge in [0, 0.05) is 19.3 Å². The van der Waals surface area contributed by atoms with E-state index in [1.807, 2.05) is 0 Å². The topological polar surface area (TPSA) is 35.2 Å². The molecule has 17 heavy (non-hydrogen) atoms. The molecular formula is C15H29NO. The molecule has 0 radical (unpaired) electrons. The highest BCUT2D eigenvalue weighted by Crippen LogP contribution is 2.37. The third-order valence-electron chi connectivity index (χ3n) is 5.00. The Morgan fingerprint density at radius 1 is 1.12 bits per heavy atom. The van der Waals surface area contributed by atoms with Crippen molar-refractivity contribution < 1.29 is 4.74 Å². The minimum atomic E-state index is 0.466. The molecule has 1 aliphatic carbocycles. The summed E-state index contributed by atoms with van der Waals surface area (Å²) in [5, 5.41) is 0. The van der Waals surface area contributed by atoms with E-state index in [0.717, 1.165) is 36.9 Å². The summed E-state index contributed by atoms with van der Waals surface area (Å²) in [4.78, 5) is 0. The molecule has 1 saturated carbocycles. The Hall–Kier alpha value is -0.0800. The Morgan fingerprint density at radius 2 is 1.82 bits per heavy atom. The fourth-order valence-electron chi connectivity index (χ4n) is 3.61. The van der Waals surface area contributed by atoms with Crippen LogP contribution < -0.4 is 5.73 Å². The molecule has 3 unspecified atom stereocenters. The third-order valence-corrected chi connectivity index (χ3v) is 5.00. The number of rotatable bonds is 3. The monoisotopic (exact) mass is 239 g/mol. The lowest BCUT2D eigenvalue weighted by atomic mass is 9.70. The van der Waals surface area contributed by atoms with Crippen LogP contribution >= 0.6 is 0 Å². The Balaban J connectivity index is 1.84. The van der Waals surface area contributed by atoms with Crippen molar-refractivity contribution in [3.05, 3.63) is 0 Å². The minimum Gasteiger partial charge on any atom is -0.381 e. The van der Waals surface area contributed by atoms with Crippen molar-refractivity contribution in [3.8, 4) is 0 Å². The maximum absolute atomic E-state index is 6.33. The van der Waals surface area contributed by atoms with Gasteiger partial charge in [-0.2, -0.15) is 0 Å². The second kappa shape index (κ2) is 6.19. The molecule has 0 aromatic heterocycles. The molecule has 1 aliphatic heterocycles. The molecule has 3 atom stereocenters. The number of ether oxygens (including phenoxy) is 1. The molecule has 0 aromatic carbocycles. The lowest BCUT2D eigenvalue weighted by Crippen LogP contribution is -2.38. The highest BCUT2D eigenvalue weighted by Gasteiger charge is 2.31. The molecule has 0 aromatic rings. The molecule has 2 rings (SSSR count). The van der Waals surface area contributed by atoms with Crippen LogP contribution in [0.25, 0.3) is 0 Å². The van der Waals surface area contributed by atoms with Crippen LogP contribution in [0.3, 0.4) is 0 Å². The molecule has 2 nitrogen and oxygen atoms in total. The molecule has 0 spiro atoms. The third kappa shape index (κ3) is 3.69. The lowest BCUT2D eigenvalue weighted by molar-refractivity contribution is 0.0504. The van der Waals surface area contributed by atoms with Crippen LogP contribution in [-0.2, 0) is 4.74 Å². The van der Waals surface area contributed by atoms with Gasteiger partial charge in [0.25, 0.3) is 0 Å². The van der Waals surface area contributed by atoms with Crippen LogP contribution in [0, 0.1) is 23.7 Å². The lowest BCUT2D eigenvalue weighted by Gasteiger charge is -2.38. The molecule has 1 heterocycles. The Bertz CT molecular complexity index is 223. The van der Waals surface area contributed by atoms with Crippen molar-refractivity contribution in [1.82, 2.24) is 0 Å². The molecular weight excluding hydrogens is 210 g/mol. The van der Waals surface area contributed by atoms with Gasteiger partial charge in [0.05, 0.1) is 0 Å². The number of nitrogens with two attached hydrogens (primary N) is 1. The van der Waals surface area contributed by atoms with Crippen LogP contribution in [0.5, 0.6) is 0 Å². The zero-order chi connectivity index (χ0) is 12.3. The van der Waals surface area contributed by atoms with Gasteiger partial charge >= 0.3 is 0 Å². The van der Waals surface area contributed by atoms with Crippen LogP contribution in [0.4, 0.5) is 0 Å². The average molecular weight is 239 g/mol. The van der Waals surface area contributed by atoms with E-state index >= 15 is 0 Å². The van der Waals surface area contributed by atoms with Gasteiger partial charge in [0.2, 0.25) is 0 Å². The first-order chi connectivity index (χ1) is 8.16. The summed E-state index contributed by atoms with van der Waals surface area (Å²) in [6.07, 6.45) is 7.84. The first kappa shape index (κ1) is 13.4. The summed E-state index contributed by atoms with van der Waals surface area (Å²) in [6.45, 7) is 6.68. The van der Waals surface area contributed by atoms with Gasteiger partial charge in [-0.25, -0.2) is 0 Å².